The zero-order valence-electron chi connectivity index (χ0n) is 15.7. The molecule has 2 aromatic heterocycles. The van der Waals surface area contributed by atoms with Crippen LogP contribution in [0.2, 0.25) is 10.0 Å². The van der Waals surface area contributed by atoms with Crippen molar-refractivity contribution in [3.05, 3.63) is 104 Å². The fourth-order valence-corrected chi connectivity index (χ4v) is 4.09. The Balaban J connectivity index is 1.83. The third-order valence-corrected chi connectivity index (χ3v) is 5.65. The van der Waals surface area contributed by atoms with Crippen LogP contribution >= 0.6 is 23.2 Å². The molecule has 30 heavy (non-hydrogen) atoms. The van der Waals surface area contributed by atoms with Gasteiger partial charge in [0.15, 0.2) is 5.43 Å². The summed E-state index contributed by atoms with van der Waals surface area (Å²) >= 11 is 12.2. The van der Waals surface area contributed by atoms with Gasteiger partial charge in [0.1, 0.15) is 11.4 Å². The van der Waals surface area contributed by atoms with Gasteiger partial charge in [-0.15, -0.1) is 0 Å². The number of benzene rings is 2. The molecule has 1 aliphatic rings. The van der Waals surface area contributed by atoms with E-state index < -0.39 is 11.9 Å². The van der Waals surface area contributed by atoms with Gasteiger partial charge in [0, 0.05) is 16.2 Å². The van der Waals surface area contributed by atoms with Crippen molar-refractivity contribution in [3.63, 3.8) is 0 Å². The number of anilines is 1. The van der Waals surface area contributed by atoms with Gasteiger partial charge in [-0.1, -0.05) is 35.3 Å². The monoisotopic (exact) mass is 436 g/mol. The van der Waals surface area contributed by atoms with E-state index in [1.165, 1.54) is 4.90 Å². The van der Waals surface area contributed by atoms with Gasteiger partial charge in [0.25, 0.3) is 5.91 Å². The largest absolute Gasteiger partial charge is 0.450 e. The molecule has 1 amide bonds. The molecule has 0 fully saturated rings. The smallest absolute Gasteiger partial charge is 0.296 e. The summed E-state index contributed by atoms with van der Waals surface area (Å²) < 4.78 is 5.91. The maximum atomic E-state index is 13.5. The molecule has 0 spiro atoms. The number of amides is 1. The molecule has 0 saturated heterocycles. The van der Waals surface area contributed by atoms with Crippen molar-refractivity contribution >= 4 is 45.9 Å². The third-order valence-electron chi connectivity index (χ3n) is 5.17. The van der Waals surface area contributed by atoms with E-state index in [0.717, 1.165) is 11.1 Å². The van der Waals surface area contributed by atoms with Crippen LogP contribution in [0.25, 0.3) is 11.0 Å². The summed E-state index contributed by atoms with van der Waals surface area (Å²) in [4.78, 5) is 32.8. The minimum absolute atomic E-state index is 0.0121. The lowest BCUT2D eigenvalue weighted by Gasteiger charge is -2.24. The Labute approximate surface area is 181 Å². The van der Waals surface area contributed by atoms with Crippen molar-refractivity contribution in [2.45, 2.75) is 13.0 Å². The molecule has 0 unspecified atom stereocenters. The zero-order chi connectivity index (χ0) is 21.0. The first-order valence-corrected chi connectivity index (χ1v) is 9.97. The lowest BCUT2D eigenvalue weighted by atomic mass is 9.98. The van der Waals surface area contributed by atoms with Crippen LogP contribution in [-0.4, -0.2) is 10.9 Å². The van der Waals surface area contributed by atoms with Gasteiger partial charge in [-0.2, -0.15) is 0 Å². The zero-order valence-corrected chi connectivity index (χ0v) is 17.2. The Bertz CT molecular complexity index is 1380. The summed E-state index contributed by atoms with van der Waals surface area (Å²) in [5.74, 6) is 0.0305. The number of nitrogens with zero attached hydrogens (tertiary/aromatic N) is 2. The van der Waals surface area contributed by atoms with E-state index in [1.54, 1.807) is 54.7 Å². The minimum atomic E-state index is -0.696. The molecule has 148 valence electrons. The predicted molar refractivity (Wildman–Crippen MR) is 117 cm³/mol. The molecule has 3 heterocycles. The Morgan fingerprint density at radius 2 is 1.70 bits per heavy atom. The van der Waals surface area contributed by atoms with Crippen LogP contribution in [0, 0.1) is 6.92 Å². The topological polar surface area (TPSA) is 63.4 Å². The number of aromatic nitrogens is 1. The van der Waals surface area contributed by atoms with Crippen molar-refractivity contribution in [1.82, 2.24) is 4.98 Å². The summed E-state index contributed by atoms with van der Waals surface area (Å²) in [6.07, 6.45) is 1.63. The summed E-state index contributed by atoms with van der Waals surface area (Å²) in [7, 11) is 0. The third kappa shape index (κ3) is 2.90. The van der Waals surface area contributed by atoms with Gasteiger partial charge in [0.2, 0.25) is 5.76 Å². The number of aryl methyl sites for hydroxylation is 1. The fraction of sp³-hybridized carbons (Fsp3) is 0.0870. The van der Waals surface area contributed by atoms with Gasteiger partial charge >= 0.3 is 0 Å². The van der Waals surface area contributed by atoms with E-state index in [9.17, 15) is 9.59 Å². The van der Waals surface area contributed by atoms with Crippen LogP contribution in [0.4, 0.5) is 5.82 Å². The molecule has 5 rings (SSSR count). The quantitative estimate of drug-likeness (QED) is 0.412. The number of halogens is 2. The second kappa shape index (κ2) is 6.97. The highest BCUT2D eigenvalue weighted by atomic mass is 35.5. The Hall–Kier alpha value is -3.15. The van der Waals surface area contributed by atoms with Crippen molar-refractivity contribution in [1.29, 1.82) is 0 Å². The van der Waals surface area contributed by atoms with Gasteiger partial charge in [0.05, 0.1) is 17.0 Å². The number of rotatable bonds is 2. The number of pyridine rings is 1. The van der Waals surface area contributed by atoms with Crippen LogP contribution in [0.1, 0.15) is 33.3 Å². The normalized spacial score (nSPS) is 15.6. The van der Waals surface area contributed by atoms with Crippen LogP contribution in [0.5, 0.6) is 0 Å². The fourth-order valence-electron chi connectivity index (χ4n) is 3.79. The van der Waals surface area contributed by atoms with Gasteiger partial charge < -0.3 is 4.42 Å². The Morgan fingerprint density at radius 1 is 0.967 bits per heavy atom. The maximum absolute atomic E-state index is 13.5. The molecular formula is C23H14Cl2N2O3. The van der Waals surface area contributed by atoms with E-state index >= 15 is 0 Å². The summed E-state index contributed by atoms with van der Waals surface area (Å²) in [5, 5.41) is 1.30. The van der Waals surface area contributed by atoms with Gasteiger partial charge in [-0.05, 0) is 60.5 Å². The molecule has 2 aromatic carbocycles. The SMILES string of the molecule is Cc1ccnc(N2C(=O)c3oc4ccc(Cl)cc4c(=O)c3[C@H]2c2ccc(Cl)cc2)c1. The number of carbonyl (C=O) groups is 1. The molecule has 4 aromatic rings. The molecule has 5 nitrogen and oxygen atoms in total. The number of hydrogen-bond donors (Lipinski definition) is 0. The lowest BCUT2D eigenvalue weighted by Crippen LogP contribution is -2.30. The highest BCUT2D eigenvalue weighted by Gasteiger charge is 2.44. The molecule has 1 aliphatic heterocycles. The number of fused-ring (bicyclic) bond motifs is 2. The van der Waals surface area contributed by atoms with Crippen molar-refractivity contribution in [3.8, 4) is 0 Å². The summed E-state index contributed by atoms with van der Waals surface area (Å²) in [6, 6.07) is 14.7. The van der Waals surface area contributed by atoms with Crippen molar-refractivity contribution < 1.29 is 9.21 Å². The number of hydrogen-bond acceptors (Lipinski definition) is 4. The van der Waals surface area contributed by atoms with E-state index in [-0.39, 0.29) is 16.8 Å². The second-order valence-corrected chi connectivity index (χ2v) is 8.01. The molecule has 0 aliphatic carbocycles. The first-order valence-electron chi connectivity index (χ1n) is 9.22. The first-order chi connectivity index (χ1) is 14.4. The second-order valence-electron chi connectivity index (χ2n) is 7.14. The molecule has 0 bridgehead atoms. The van der Waals surface area contributed by atoms with Crippen LogP contribution in [0.15, 0.2) is 70.0 Å². The Morgan fingerprint density at radius 3 is 2.43 bits per heavy atom. The standard InChI is InChI=1S/C23H14Cl2N2O3/c1-12-8-9-26-18(10-12)27-20(13-2-4-14(24)5-3-13)19-21(28)16-11-15(25)6-7-17(16)30-22(19)23(27)29/h2-11,20H,1H3/t20-/m1/s1. The highest BCUT2D eigenvalue weighted by Crippen LogP contribution is 2.41. The molecular weight excluding hydrogens is 423 g/mol. The van der Waals surface area contributed by atoms with E-state index in [4.69, 9.17) is 27.6 Å². The summed E-state index contributed by atoms with van der Waals surface area (Å²) in [5.41, 5.74) is 1.95. The predicted octanol–water partition coefficient (Wildman–Crippen LogP) is 5.55. The van der Waals surface area contributed by atoms with Crippen LogP contribution < -0.4 is 10.3 Å². The Kier molecular flexibility index (Phi) is 4.38. The molecule has 0 N–H and O–H groups in total. The average Bonchev–Trinajstić information content (AvgIpc) is 3.02. The van der Waals surface area contributed by atoms with Crippen molar-refractivity contribution in [2.75, 3.05) is 4.90 Å². The van der Waals surface area contributed by atoms with Crippen LogP contribution in [-0.2, 0) is 0 Å². The minimum Gasteiger partial charge on any atom is -0.450 e. The average molecular weight is 437 g/mol. The molecule has 1 atom stereocenters. The van der Waals surface area contributed by atoms with Crippen molar-refractivity contribution in [2.24, 2.45) is 0 Å². The van der Waals surface area contributed by atoms with E-state index in [2.05, 4.69) is 4.98 Å². The van der Waals surface area contributed by atoms with E-state index in [1.807, 2.05) is 13.0 Å². The lowest BCUT2D eigenvalue weighted by molar-refractivity contribution is 0.0970. The van der Waals surface area contributed by atoms with Gasteiger partial charge in [-0.3, -0.25) is 14.5 Å². The first kappa shape index (κ1) is 18.9. The molecule has 7 heteroatoms. The molecule has 0 saturated carbocycles. The van der Waals surface area contributed by atoms with Crippen LogP contribution in [0.3, 0.4) is 0 Å². The number of carbonyl (C=O) groups excluding carboxylic acids is 1. The van der Waals surface area contributed by atoms with Gasteiger partial charge in [-0.25, -0.2) is 4.98 Å². The molecule has 0 radical (unpaired) electrons. The van der Waals surface area contributed by atoms with E-state index in [0.29, 0.717) is 26.8 Å². The summed E-state index contributed by atoms with van der Waals surface area (Å²) in [6.45, 7) is 1.91. The highest BCUT2D eigenvalue weighted by molar-refractivity contribution is 6.31. The maximum Gasteiger partial charge on any atom is 0.296 e.